The van der Waals surface area contributed by atoms with Gasteiger partial charge < -0.3 is 30.6 Å². The third-order valence-corrected chi connectivity index (χ3v) is 3.73. The zero-order valence-electron chi connectivity index (χ0n) is 16.9. The fourth-order valence-electron chi connectivity index (χ4n) is 2.22. The van der Waals surface area contributed by atoms with Crippen LogP contribution in [0.4, 0.5) is 0 Å². The van der Waals surface area contributed by atoms with Crippen LogP contribution in [0.5, 0.6) is 0 Å². The van der Waals surface area contributed by atoms with Crippen molar-refractivity contribution in [1.29, 1.82) is 0 Å². The lowest BCUT2D eigenvalue weighted by Gasteiger charge is -2.08. The number of nitrogens with two attached hydrogens (primary N) is 1. The summed E-state index contributed by atoms with van der Waals surface area (Å²) >= 11 is 0. The second-order valence-corrected chi connectivity index (χ2v) is 6.24. The van der Waals surface area contributed by atoms with Gasteiger partial charge in [0.05, 0.1) is 39.6 Å². The molecule has 0 heterocycles. The first-order valence-electron chi connectivity index (χ1n) is 10.2. The molecule has 8 heteroatoms. The first kappa shape index (κ1) is 25.8. The van der Waals surface area contributed by atoms with Gasteiger partial charge in [-0.25, -0.2) is 0 Å². The van der Waals surface area contributed by atoms with E-state index in [0.29, 0.717) is 72.1 Å². The van der Waals surface area contributed by atoms with Gasteiger partial charge in [0.15, 0.2) is 0 Å². The Morgan fingerprint density at radius 3 is 1.89 bits per heavy atom. The molecule has 27 heavy (non-hydrogen) atoms. The molecule has 0 saturated heterocycles. The molecule has 0 unspecified atom stereocenters. The van der Waals surface area contributed by atoms with E-state index in [0.717, 1.165) is 32.1 Å². The Morgan fingerprint density at radius 1 is 0.704 bits per heavy atom. The highest BCUT2D eigenvalue weighted by Crippen LogP contribution is 1.99. The summed E-state index contributed by atoms with van der Waals surface area (Å²) < 4.78 is 15.9. The molecule has 0 saturated carbocycles. The number of nitrogens with one attached hydrogen (secondary N) is 2. The second-order valence-electron chi connectivity index (χ2n) is 6.24. The molecule has 0 aliphatic rings. The first-order chi connectivity index (χ1) is 13.2. The van der Waals surface area contributed by atoms with Crippen molar-refractivity contribution in [3.05, 3.63) is 0 Å². The van der Waals surface area contributed by atoms with Crippen LogP contribution in [0, 0.1) is 0 Å². The Labute approximate surface area is 163 Å². The predicted octanol–water partition coefficient (Wildman–Crippen LogP) is 0.978. The molecule has 0 aliphatic heterocycles. The number of unbranched alkanes of at least 4 members (excludes halogenated alkanes) is 3. The summed E-state index contributed by atoms with van der Waals surface area (Å²) in [5.41, 5.74) is 5.30. The van der Waals surface area contributed by atoms with Gasteiger partial charge in [-0.15, -0.1) is 0 Å². The number of rotatable bonds is 20. The average Bonchev–Trinajstić information content (AvgIpc) is 2.67. The number of ether oxygens (including phenoxy) is 3. The second kappa shape index (κ2) is 21.1. The molecule has 0 aliphatic carbocycles. The van der Waals surface area contributed by atoms with Crippen LogP contribution < -0.4 is 16.4 Å². The molecule has 0 rings (SSSR count). The normalized spacial score (nSPS) is 10.7. The SMILES string of the molecule is CCCCC(=O)NCCCCCC(=O)NCCOCCOCCOCCN. The Morgan fingerprint density at radius 2 is 1.26 bits per heavy atom. The minimum Gasteiger partial charge on any atom is -0.378 e. The standard InChI is InChI=1S/C19H39N3O5/c1-2-3-7-18(23)21-10-6-4-5-8-19(24)22-11-13-26-15-17-27-16-14-25-12-9-20/h2-17,20H2,1H3,(H,21,23)(H,22,24). The van der Waals surface area contributed by atoms with E-state index in [-0.39, 0.29) is 11.8 Å². The van der Waals surface area contributed by atoms with Crippen molar-refractivity contribution < 1.29 is 23.8 Å². The minimum atomic E-state index is 0.0406. The van der Waals surface area contributed by atoms with Crippen molar-refractivity contribution in [3.8, 4) is 0 Å². The lowest BCUT2D eigenvalue weighted by molar-refractivity contribution is -0.122. The molecule has 0 atom stereocenters. The molecule has 4 N–H and O–H groups in total. The molecule has 8 nitrogen and oxygen atoms in total. The van der Waals surface area contributed by atoms with Gasteiger partial charge in [-0.2, -0.15) is 0 Å². The van der Waals surface area contributed by atoms with Gasteiger partial charge in [0.1, 0.15) is 0 Å². The molecule has 160 valence electrons. The summed E-state index contributed by atoms with van der Waals surface area (Å²) in [5, 5.41) is 5.74. The highest BCUT2D eigenvalue weighted by atomic mass is 16.5. The van der Waals surface area contributed by atoms with Crippen molar-refractivity contribution in [3.63, 3.8) is 0 Å². The van der Waals surface area contributed by atoms with E-state index in [1.54, 1.807) is 0 Å². The summed E-state index contributed by atoms with van der Waals surface area (Å²) in [6.07, 6.45) is 5.76. The Bertz CT molecular complexity index is 356. The predicted molar refractivity (Wildman–Crippen MR) is 106 cm³/mol. The topological polar surface area (TPSA) is 112 Å². The van der Waals surface area contributed by atoms with Gasteiger partial charge in [-0.05, 0) is 19.3 Å². The molecule has 0 aromatic heterocycles. The van der Waals surface area contributed by atoms with Gasteiger partial charge in [-0.1, -0.05) is 19.8 Å². The number of carbonyl (C=O) groups is 2. The summed E-state index contributed by atoms with van der Waals surface area (Å²) in [7, 11) is 0. The van der Waals surface area contributed by atoms with E-state index in [4.69, 9.17) is 19.9 Å². The lowest BCUT2D eigenvalue weighted by Crippen LogP contribution is -2.27. The number of carbonyl (C=O) groups excluding carboxylic acids is 2. The van der Waals surface area contributed by atoms with Gasteiger partial charge in [0.25, 0.3) is 0 Å². The molecule has 0 spiro atoms. The van der Waals surface area contributed by atoms with Crippen LogP contribution in [-0.4, -0.2) is 71.1 Å². The first-order valence-corrected chi connectivity index (χ1v) is 10.2. The number of amides is 2. The smallest absolute Gasteiger partial charge is 0.220 e. The van der Waals surface area contributed by atoms with E-state index in [1.807, 2.05) is 0 Å². The zero-order chi connectivity index (χ0) is 20.0. The highest BCUT2D eigenvalue weighted by molar-refractivity contribution is 5.76. The summed E-state index contributed by atoms with van der Waals surface area (Å²) in [5.74, 6) is 0.166. The molecular formula is C19H39N3O5. The Kier molecular flexibility index (Phi) is 20.1. The van der Waals surface area contributed by atoms with Crippen LogP contribution in [0.1, 0.15) is 51.9 Å². The van der Waals surface area contributed by atoms with Crippen LogP contribution in [-0.2, 0) is 23.8 Å². The van der Waals surface area contributed by atoms with E-state index < -0.39 is 0 Å². The molecule has 0 fully saturated rings. The monoisotopic (exact) mass is 389 g/mol. The third kappa shape index (κ3) is 20.9. The van der Waals surface area contributed by atoms with Gasteiger partial charge in [0, 0.05) is 32.5 Å². The third-order valence-electron chi connectivity index (χ3n) is 3.73. The van der Waals surface area contributed by atoms with Crippen LogP contribution in [0.3, 0.4) is 0 Å². The van der Waals surface area contributed by atoms with Crippen molar-refractivity contribution in [2.45, 2.75) is 51.9 Å². The van der Waals surface area contributed by atoms with Crippen LogP contribution in [0.15, 0.2) is 0 Å². The Hall–Kier alpha value is -1.22. The largest absolute Gasteiger partial charge is 0.378 e. The molecule has 0 aromatic rings. The number of hydrogen-bond acceptors (Lipinski definition) is 6. The Balaban J connectivity index is 3.23. The van der Waals surface area contributed by atoms with Crippen LogP contribution in [0.2, 0.25) is 0 Å². The minimum absolute atomic E-state index is 0.0406. The summed E-state index contributed by atoms with van der Waals surface area (Å²) in [4.78, 5) is 23.1. The molecule has 2 amide bonds. The maximum absolute atomic E-state index is 11.7. The van der Waals surface area contributed by atoms with Crippen LogP contribution in [0.25, 0.3) is 0 Å². The van der Waals surface area contributed by atoms with Gasteiger partial charge in [0.2, 0.25) is 11.8 Å². The number of hydrogen-bond donors (Lipinski definition) is 3. The van der Waals surface area contributed by atoms with Crippen molar-refractivity contribution >= 4 is 11.8 Å². The van der Waals surface area contributed by atoms with E-state index in [1.165, 1.54) is 0 Å². The van der Waals surface area contributed by atoms with E-state index in [2.05, 4.69) is 17.6 Å². The van der Waals surface area contributed by atoms with Crippen molar-refractivity contribution in [2.75, 3.05) is 59.3 Å². The zero-order valence-corrected chi connectivity index (χ0v) is 16.9. The quantitative estimate of drug-likeness (QED) is 0.268. The van der Waals surface area contributed by atoms with Crippen molar-refractivity contribution in [1.82, 2.24) is 10.6 Å². The average molecular weight is 390 g/mol. The lowest BCUT2D eigenvalue weighted by atomic mass is 10.2. The highest BCUT2D eigenvalue weighted by Gasteiger charge is 2.02. The fraction of sp³-hybridized carbons (Fsp3) is 0.895. The molecule has 0 radical (unpaired) electrons. The van der Waals surface area contributed by atoms with E-state index in [9.17, 15) is 9.59 Å². The molecule has 0 aromatic carbocycles. The maximum atomic E-state index is 11.7. The summed E-state index contributed by atoms with van der Waals surface area (Å²) in [6.45, 7) is 6.89. The maximum Gasteiger partial charge on any atom is 0.220 e. The fourth-order valence-corrected chi connectivity index (χ4v) is 2.22. The summed E-state index contributed by atoms with van der Waals surface area (Å²) in [6, 6.07) is 0. The van der Waals surface area contributed by atoms with Crippen molar-refractivity contribution in [2.24, 2.45) is 5.73 Å². The van der Waals surface area contributed by atoms with Crippen LogP contribution >= 0.6 is 0 Å². The van der Waals surface area contributed by atoms with E-state index >= 15 is 0 Å². The molecule has 0 bridgehead atoms. The molecular weight excluding hydrogens is 350 g/mol. The van der Waals surface area contributed by atoms with Gasteiger partial charge in [-0.3, -0.25) is 9.59 Å². The van der Waals surface area contributed by atoms with Gasteiger partial charge >= 0.3 is 0 Å².